The number of hydrogen-bond donors (Lipinski definition) is 0. The number of benzene rings is 4. The molecule has 0 amide bonds. The summed E-state index contributed by atoms with van der Waals surface area (Å²) < 4.78 is 14.0. The van der Waals surface area contributed by atoms with E-state index in [0.717, 1.165) is 11.5 Å². The Morgan fingerprint density at radius 2 is 1.08 bits per heavy atom. The minimum atomic E-state index is 0.0561. The molecule has 190 valence electrons. The minimum Gasteiger partial charge on any atom is -0.555 e. The van der Waals surface area contributed by atoms with Crippen molar-refractivity contribution in [2.75, 3.05) is 4.90 Å². The maximum Gasteiger partial charge on any atom is 0.399 e. The molecule has 0 saturated heterocycles. The molecule has 1 aliphatic carbocycles. The zero-order chi connectivity index (χ0) is 26.0. The van der Waals surface area contributed by atoms with Gasteiger partial charge in [-0.3, -0.25) is 0 Å². The zero-order valence-electron chi connectivity index (χ0n) is 22.7. The highest BCUT2D eigenvalue weighted by molar-refractivity contribution is 6.77. The first-order valence-corrected chi connectivity index (χ1v) is 14.6. The first kappa shape index (κ1) is 22.2. The molecule has 3 nitrogen and oxygen atoms in total. The molecule has 0 bridgehead atoms. The van der Waals surface area contributed by atoms with Gasteiger partial charge in [0.15, 0.2) is 0 Å². The van der Waals surface area contributed by atoms with Crippen LogP contribution >= 0.6 is 0 Å². The summed E-state index contributed by atoms with van der Waals surface area (Å²) in [4.78, 5) is 2.72. The van der Waals surface area contributed by atoms with Gasteiger partial charge in [0.1, 0.15) is 11.5 Å². The maximum atomic E-state index is 7.02. The monoisotopic (exact) mass is 507 g/mol. The number of nitrogens with zero attached hydrogens (tertiary/aromatic N) is 1. The van der Waals surface area contributed by atoms with Gasteiger partial charge in [-0.1, -0.05) is 81.4 Å². The van der Waals surface area contributed by atoms with Gasteiger partial charge in [-0.25, -0.2) is 0 Å². The Labute approximate surface area is 231 Å². The van der Waals surface area contributed by atoms with Gasteiger partial charge >= 0.3 is 13.8 Å². The van der Waals surface area contributed by atoms with Crippen molar-refractivity contribution in [1.29, 1.82) is 0 Å². The summed E-state index contributed by atoms with van der Waals surface area (Å²) in [5, 5.41) is 0. The second kappa shape index (κ2) is 7.53. The first-order valence-electron chi connectivity index (χ1n) is 14.6. The van der Waals surface area contributed by atoms with E-state index < -0.39 is 0 Å². The average Bonchev–Trinajstić information content (AvgIpc) is 2.96. The molecule has 1 fully saturated rings. The number of rotatable bonds is 0. The van der Waals surface area contributed by atoms with Crippen LogP contribution in [0.15, 0.2) is 84.9 Å². The second-order valence-electron chi connectivity index (χ2n) is 13.3. The molecule has 5 heteroatoms. The Morgan fingerprint density at radius 1 is 0.615 bits per heavy atom. The van der Waals surface area contributed by atoms with Crippen LogP contribution in [0.2, 0.25) is 11.6 Å². The fraction of sp³-hybridized carbons (Fsp3) is 0.294. The molecule has 39 heavy (non-hydrogen) atoms. The van der Waals surface area contributed by atoms with E-state index >= 15 is 0 Å². The molecular weight excluding hydrogens is 476 g/mol. The number of para-hydroxylation sites is 2. The highest BCUT2D eigenvalue weighted by Gasteiger charge is 2.62. The molecule has 2 atom stereocenters. The summed E-state index contributed by atoms with van der Waals surface area (Å²) in [6.45, 7) is 7.39. The molecule has 2 unspecified atom stereocenters. The lowest BCUT2D eigenvalue weighted by Crippen LogP contribution is -2.68. The van der Waals surface area contributed by atoms with Gasteiger partial charge in [-0.2, -0.15) is 0 Å². The lowest BCUT2D eigenvalue weighted by atomic mass is 9.31. The second-order valence-corrected chi connectivity index (χ2v) is 13.3. The Hall–Kier alpha value is -3.59. The van der Waals surface area contributed by atoms with Crippen molar-refractivity contribution in [2.45, 2.75) is 51.3 Å². The summed E-state index contributed by atoms with van der Waals surface area (Å²) in [5.41, 5.74) is 10.7. The van der Waals surface area contributed by atoms with Gasteiger partial charge in [0.2, 0.25) is 0 Å². The molecule has 4 aromatic carbocycles. The Bertz CT molecular complexity index is 1560. The standard InChI is InChI=1S/C34H31B2NO2/c1-34(2,3)20-18-25-33-26(19-20)36-32-24(22-11-5-7-17-30(22)39-36)13-9-15-28(32)37(33)27-14-8-12-23-21-10-4-6-16-29(21)38-35(25)31(23)27/h4-17,20,25-26,33H,18-19H2,1-3H3. The third-order valence-electron chi connectivity index (χ3n) is 10.4. The summed E-state index contributed by atoms with van der Waals surface area (Å²) in [5.74, 6) is 3.41. The van der Waals surface area contributed by atoms with Crippen molar-refractivity contribution in [1.82, 2.24) is 0 Å². The normalized spacial score (nSPS) is 24.8. The van der Waals surface area contributed by atoms with E-state index in [9.17, 15) is 0 Å². The fourth-order valence-electron chi connectivity index (χ4n) is 8.67. The van der Waals surface area contributed by atoms with Crippen molar-refractivity contribution >= 4 is 36.1 Å². The van der Waals surface area contributed by atoms with Crippen LogP contribution in [0.4, 0.5) is 11.4 Å². The van der Waals surface area contributed by atoms with Gasteiger partial charge in [-0.15, -0.1) is 0 Å². The largest absolute Gasteiger partial charge is 0.555 e. The van der Waals surface area contributed by atoms with Crippen LogP contribution < -0.4 is 25.1 Å². The minimum absolute atomic E-state index is 0.0561. The van der Waals surface area contributed by atoms with E-state index in [1.807, 2.05) is 0 Å². The number of anilines is 2. The third kappa shape index (κ3) is 2.86. The van der Waals surface area contributed by atoms with Crippen LogP contribution in [0.1, 0.15) is 33.6 Å². The molecule has 0 N–H and O–H groups in total. The highest BCUT2D eigenvalue weighted by atomic mass is 16.4. The molecule has 4 heterocycles. The molecule has 4 aliphatic heterocycles. The van der Waals surface area contributed by atoms with E-state index in [-0.39, 0.29) is 19.2 Å². The van der Waals surface area contributed by atoms with Gasteiger partial charge < -0.3 is 14.2 Å². The number of hydrogen-bond acceptors (Lipinski definition) is 3. The molecule has 5 aliphatic rings. The van der Waals surface area contributed by atoms with E-state index in [1.165, 1.54) is 57.4 Å². The molecule has 9 rings (SSSR count). The van der Waals surface area contributed by atoms with Crippen LogP contribution in [0.25, 0.3) is 22.3 Å². The molecular formula is C34H31B2NO2. The van der Waals surface area contributed by atoms with Crippen LogP contribution in [0, 0.1) is 11.3 Å². The summed E-state index contributed by atoms with van der Waals surface area (Å²) in [7, 11) is 0. The first-order chi connectivity index (χ1) is 19.0. The smallest absolute Gasteiger partial charge is 0.399 e. The van der Waals surface area contributed by atoms with Crippen LogP contribution in [0.3, 0.4) is 0 Å². The highest BCUT2D eigenvalue weighted by Crippen LogP contribution is 2.59. The van der Waals surface area contributed by atoms with E-state index in [2.05, 4.69) is 111 Å². The van der Waals surface area contributed by atoms with Crippen LogP contribution in [-0.2, 0) is 0 Å². The van der Waals surface area contributed by atoms with Gasteiger partial charge in [0.05, 0.1) is 0 Å². The van der Waals surface area contributed by atoms with Crippen molar-refractivity contribution in [3.05, 3.63) is 84.9 Å². The lowest BCUT2D eigenvalue weighted by molar-refractivity contribution is 0.161. The van der Waals surface area contributed by atoms with Gasteiger partial charge in [0.25, 0.3) is 0 Å². The molecule has 0 radical (unpaired) electrons. The van der Waals surface area contributed by atoms with Crippen LogP contribution in [-0.4, -0.2) is 19.9 Å². The van der Waals surface area contributed by atoms with E-state index in [4.69, 9.17) is 9.31 Å². The molecule has 4 aromatic rings. The quantitative estimate of drug-likeness (QED) is 0.241. The molecule has 0 spiro atoms. The Kier molecular flexibility index (Phi) is 4.30. The third-order valence-corrected chi connectivity index (χ3v) is 10.4. The molecule has 0 aromatic heterocycles. The zero-order valence-corrected chi connectivity index (χ0v) is 22.7. The predicted octanol–water partition coefficient (Wildman–Crippen LogP) is 6.93. The fourth-order valence-corrected chi connectivity index (χ4v) is 8.67. The number of fused-ring (bicyclic) bond motifs is 8. The van der Waals surface area contributed by atoms with Crippen molar-refractivity contribution < 1.29 is 9.31 Å². The topological polar surface area (TPSA) is 21.7 Å². The van der Waals surface area contributed by atoms with Crippen molar-refractivity contribution in [3.8, 4) is 33.8 Å². The Balaban J connectivity index is 1.35. The summed E-state index contributed by atoms with van der Waals surface area (Å²) >= 11 is 0. The van der Waals surface area contributed by atoms with Crippen molar-refractivity contribution in [3.63, 3.8) is 0 Å². The Morgan fingerprint density at radius 3 is 1.56 bits per heavy atom. The van der Waals surface area contributed by atoms with Gasteiger partial charge in [-0.05, 0) is 70.5 Å². The summed E-state index contributed by atoms with van der Waals surface area (Å²) in [6.07, 6.45) is 2.33. The van der Waals surface area contributed by atoms with Crippen molar-refractivity contribution in [2.24, 2.45) is 11.3 Å². The van der Waals surface area contributed by atoms with Crippen LogP contribution in [0.5, 0.6) is 11.5 Å². The van der Waals surface area contributed by atoms with E-state index in [1.54, 1.807) is 0 Å². The average molecular weight is 507 g/mol. The predicted molar refractivity (Wildman–Crippen MR) is 161 cm³/mol. The SMILES string of the molecule is CC(C)(C)C1CC2B3Oc4ccccc4-c4cccc(c43)N3c4cccc5c4B(Oc4ccccc4-5)C(C1)C23. The maximum absolute atomic E-state index is 7.02. The molecule has 1 saturated carbocycles. The lowest BCUT2D eigenvalue weighted by Gasteiger charge is -2.59. The van der Waals surface area contributed by atoms with Gasteiger partial charge in [0, 0.05) is 40.2 Å². The summed E-state index contributed by atoms with van der Waals surface area (Å²) in [6, 6.07) is 31.3. The van der Waals surface area contributed by atoms with E-state index in [0.29, 0.717) is 23.6 Å².